The van der Waals surface area contributed by atoms with Crippen molar-refractivity contribution in [2.75, 3.05) is 31.2 Å². The van der Waals surface area contributed by atoms with Crippen LogP contribution in [0, 0.1) is 23.2 Å². The van der Waals surface area contributed by atoms with Crippen LogP contribution in [0.5, 0.6) is 0 Å². The molecular weight excluding hydrogens is 477 g/mol. The lowest BCUT2D eigenvalue weighted by atomic mass is 9.55. The summed E-state index contributed by atoms with van der Waals surface area (Å²) in [5.74, 6) is 2.65. The molecule has 0 aromatic rings. The number of hydrogen-bond donors (Lipinski definition) is 2. The monoisotopic (exact) mass is 513 g/mol. The fraction of sp³-hybridized carbons (Fsp3) is 0.947. The van der Waals surface area contributed by atoms with Crippen molar-refractivity contribution in [1.29, 1.82) is 0 Å². The van der Waals surface area contributed by atoms with E-state index in [4.69, 9.17) is 9.73 Å². The Bertz CT molecular complexity index is 636. The van der Waals surface area contributed by atoms with Gasteiger partial charge in [-0.2, -0.15) is 0 Å². The van der Waals surface area contributed by atoms with Gasteiger partial charge in [0.2, 0.25) is 0 Å². The molecule has 0 aromatic heterocycles. The summed E-state index contributed by atoms with van der Waals surface area (Å²) in [6.07, 6.45) is 3.41. The largest absolute Gasteiger partial charge is 0.377 e. The van der Waals surface area contributed by atoms with Crippen molar-refractivity contribution in [1.82, 2.24) is 10.6 Å². The number of fused-ring (bicyclic) bond motifs is 1. The molecule has 3 fully saturated rings. The van der Waals surface area contributed by atoms with Gasteiger partial charge in [-0.05, 0) is 31.1 Å². The molecule has 1 aliphatic carbocycles. The fourth-order valence-electron chi connectivity index (χ4n) is 4.66. The van der Waals surface area contributed by atoms with E-state index in [1.54, 1.807) is 0 Å². The number of aliphatic imine (C=N–C) groups is 1. The Hall–Kier alpha value is -0.0900. The van der Waals surface area contributed by atoms with Crippen LogP contribution in [0.3, 0.4) is 0 Å². The van der Waals surface area contributed by atoms with E-state index in [9.17, 15) is 8.42 Å². The summed E-state index contributed by atoms with van der Waals surface area (Å²) < 4.78 is 29.4. The van der Waals surface area contributed by atoms with E-state index in [0.717, 1.165) is 32.0 Å². The Morgan fingerprint density at radius 3 is 2.67 bits per heavy atom. The van der Waals surface area contributed by atoms with Gasteiger partial charge in [-0.15, -0.1) is 24.0 Å². The maximum atomic E-state index is 11.7. The Labute approximate surface area is 181 Å². The van der Waals surface area contributed by atoms with Crippen LogP contribution in [-0.2, 0) is 14.6 Å². The molecule has 4 unspecified atom stereocenters. The molecule has 3 aliphatic rings. The zero-order valence-electron chi connectivity index (χ0n) is 17.0. The van der Waals surface area contributed by atoms with Crippen molar-refractivity contribution >= 4 is 39.8 Å². The third kappa shape index (κ3) is 5.50. The molecule has 0 aromatic carbocycles. The topological polar surface area (TPSA) is 79.8 Å². The number of guanidine groups is 1. The molecule has 0 spiro atoms. The minimum absolute atomic E-state index is 0. The standard InChI is InChI=1S/C19H35N3O3S.HI/c1-13(2)10-20-18(21-11-14-7-9-26(23,24)12-14)22-16-15-6-5-8-25-17(15)19(16,3)4;/h13-17H,5-12H2,1-4H3,(H2,20,21,22);1H. The van der Waals surface area contributed by atoms with Crippen molar-refractivity contribution in [2.24, 2.45) is 28.2 Å². The van der Waals surface area contributed by atoms with Crippen LogP contribution in [0.2, 0.25) is 0 Å². The number of hydrogen-bond acceptors (Lipinski definition) is 4. The van der Waals surface area contributed by atoms with Gasteiger partial charge in [-0.3, -0.25) is 4.99 Å². The van der Waals surface area contributed by atoms with Crippen LogP contribution >= 0.6 is 24.0 Å². The molecule has 2 N–H and O–H groups in total. The smallest absolute Gasteiger partial charge is 0.191 e. The molecule has 8 heteroatoms. The number of nitrogens with one attached hydrogen (secondary N) is 2. The average Bonchev–Trinajstić information content (AvgIpc) is 2.93. The summed E-state index contributed by atoms with van der Waals surface area (Å²) in [7, 11) is -2.84. The quantitative estimate of drug-likeness (QED) is 0.336. The Balaban J connectivity index is 0.00000261. The molecule has 3 rings (SSSR count). The van der Waals surface area contributed by atoms with E-state index in [1.807, 2.05) is 0 Å². The molecule has 0 bridgehead atoms. The van der Waals surface area contributed by atoms with Gasteiger partial charge in [0.05, 0.1) is 17.6 Å². The molecule has 2 saturated heterocycles. The number of halogens is 1. The normalized spacial score (nSPS) is 34.3. The van der Waals surface area contributed by atoms with E-state index in [1.165, 1.54) is 6.42 Å². The van der Waals surface area contributed by atoms with Crippen molar-refractivity contribution in [3.05, 3.63) is 0 Å². The summed E-state index contributed by atoms with van der Waals surface area (Å²) in [6, 6.07) is 0.346. The number of ether oxygens (including phenoxy) is 1. The lowest BCUT2D eigenvalue weighted by Crippen LogP contribution is -2.71. The third-order valence-corrected chi connectivity index (χ3v) is 7.96. The maximum absolute atomic E-state index is 11.7. The van der Waals surface area contributed by atoms with Gasteiger partial charge in [-0.1, -0.05) is 27.7 Å². The van der Waals surface area contributed by atoms with Crippen LogP contribution in [0.4, 0.5) is 0 Å². The van der Waals surface area contributed by atoms with Crippen LogP contribution in [0.1, 0.15) is 47.0 Å². The summed E-state index contributed by atoms with van der Waals surface area (Å²) in [5.41, 5.74) is 0.0854. The summed E-state index contributed by atoms with van der Waals surface area (Å²) in [6.45, 7) is 11.1. The zero-order valence-corrected chi connectivity index (χ0v) is 20.2. The second-order valence-corrected chi connectivity index (χ2v) is 11.5. The lowest BCUT2D eigenvalue weighted by molar-refractivity contribution is -0.188. The highest BCUT2D eigenvalue weighted by Gasteiger charge is 2.58. The minimum Gasteiger partial charge on any atom is -0.377 e. The number of sulfone groups is 1. The van der Waals surface area contributed by atoms with Crippen LogP contribution in [0.25, 0.3) is 0 Å². The predicted molar refractivity (Wildman–Crippen MR) is 120 cm³/mol. The van der Waals surface area contributed by atoms with Gasteiger partial charge in [-0.25, -0.2) is 8.42 Å². The molecule has 0 amide bonds. The first-order chi connectivity index (χ1) is 12.2. The molecule has 0 radical (unpaired) electrons. The third-order valence-electron chi connectivity index (χ3n) is 6.12. The molecule has 6 nitrogen and oxygen atoms in total. The van der Waals surface area contributed by atoms with Crippen molar-refractivity contribution in [3.8, 4) is 0 Å². The van der Waals surface area contributed by atoms with E-state index in [-0.39, 0.29) is 35.3 Å². The molecule has 2 heterocycles. The highest BCUT2D eigenvalue weighted by Crippen LogP contribution is 2.51. The highest BCUT2D eigenvalue weighted by molar-refractivity contribution is 14.0. The van der Waals surface area contributed by atoms with Crippen LogP contribution < -0.4 is 10.6 Å². The first-order valence-corrected chi connectivity index (χ1v) is 11.9. The van der Waals surface area contributed by atoms with Gasteiger partial charge >= 0.3 is 0 Å². The Kier molecular flexibility index (Phi) is 7.86. The van der Waals surface area contributed by atoms with Crippen molar-refractivity contribution < 1.29 is 13.2 Å². The number of nitrogens with zero attached hydrogens (tertiary/aromatic N) is 1. The summed E-state index contributed by atoms with van der Waals surface area (Å²) in [5, 5.41) is 7.07. The summed E-state index contributed by atoms with van der Waals surface area (Å²) >= 11 is 0. The van der Waals surface area contributed by atoms with Gasteiger partial charge in [0.1, 0.15) is 0 Å². The molecule has 158 valence electrons. The van der Waals surface area contributed by atoms with E-state index >= 15 is 0 Å². The Morgan fingerprint density at radius 1 is 1.30 bits per heavy atom. The Morgan fingerprint density at radius 2 is 2.04 bits per heavy atom. The van der Waals surface area contributed by atoms with Crippen LogP contribution in [-0.4, -0.2) is 57.7 Å². The maximum Gasteiger partial charge on any atom is 0.191 e. The van der Waals surface area contributed by atoms with Crippen molar-refractivity contribution in [2.45, 2.75) is 59.1 Å². The summed E-state index contributed by atoms with van der Waals surface area (Å²) in [4.78, 5) is 4.75. The molecular formula is C19H36IN3O3S. The van der Waals surface area contributed by atoms with E-state index in [0.29, 0.717) is 42.0 Å². The second kappa shape index (κ2) is 9.15. The molecule has 4 atom stereocenters. The first kappa shape index (κ1) is 23.2. The SMILES string of the molecule is CC(C)CN=C(NCC1CCS(=O)(=O)C1)NC1C2CCCOC2C1(C)C.I. The molecule has 2 aliphatic heterocycles. The molecule has 1 saturated carbocycles. The van der Waals surface area contributed by atoms with E-state index < -0.39 is 9.84 Å². The van der Waals surface area contributed by atoms with Gasteiger partial charge in [0.25, 0.3) is 0 Å². The lowest BCUT2D eigenvalue weighted by Gasteiger charge is -2.60. The minimum atomic E-state index is -2.84. The second-order valence-electron chi connectivity index (χ2n) is 9.27. The average molecular weight is 513 g/mol. The fourth-order valence-corrected chi connectivity index (χ4v) is 6.53. The number of rotatable bonds is 5. The van der Waals surface area contributed by atoms with E-state index in [2.05, 4.69) is 38.3 Å². The predicted octanol–water partition coefficient (Wildman–Crippen LogP) is 2.43. The zero-order chi connectivity index (χ0) is 18.9. The highest BCUT2D eigenvalue weighted by atomic mass is 127. The van der Waals surface area contributed by atoms with Gasteiger partial charge < -0.3 is 15.4 Å². The van der Waals surface area contributed by atoms with Crippen molar-refractivity contribution in [3.63, 3.8) is 0 Å². The van der Waals surface area contributed by atoms with Gasteiger partial charge in [0.15, 0.2) is 15.8 Å². The van der Waals surface area contributed by atoms with Crippen LogP contribution in [0.15, 0.2) is 4.99 Å². The molecule has 27 heavy (non-hydrogen) atoms. The first-order valence-electron chi connectivity index (χ1n) is 10.1. The van der Waals surface area contributed by atoms with Gasteiger partial charge in [0, 0.05) is 37.1 Å².